The van der Waals surface area contributed by atoms with Crippen LogP contribution in [0.3, 0.4) is 0 Å². The molecule has 0 bridgehead atoms. The first kappa shape index (κ1) is 32.7. The average molecular weight is 693 g/mol. The van der Waals surface area contributed by atoms with E-state index in [1.807, 2.05) is 0 Å². The molecular formula is C29H27Cl4F2N3O6. The van der Waals surface area contributed by atoms with E-state index in [1.165, 1.54) is 37.4 Å². The summed E-state index contributed by atoms with van der Waals surface area (Å²) in [5.41, 5.74) is -2.77. The van der Waals surface area contributed by atoms with E-state index >= 15 is 8.78 Å². The van der Waals surface area contributed by atoms with Crippen molar-refractivity contribution in [3.63, 3.8) is 0 Å². The molecule has 0 radical (unpaired) electrons. The topological polar surface area (TPSA) is 105 Å². The summed E-state index contributed by atoms with van der Waals surface area (Å²) in [6.45, 7) is 2.99. The molecule has 44 heavy (non-hydrogen) atoms. The summed E-state index contributed by atoms with van der Waals surface area (Å²) in [4.78, 5) is 57.1. The summed E-state index contributed by atoms with van der Waals surface area (Å²) in [5, 5.41) is 3.09. The molecule has 3 heterocycles. The van der Waals surface area contributed by atoms with Crippen LogP contribution in [0.25, 0.3) is 0 Å². The first-order valence-electron chi connectivity index (χ1n) is 13.4. The fraction of sp³-hybridized carbons (Fsp3) is 0.448. The normalized spacial score (nSPS) is 25.4. The number of hydrogen-bond acceptors (Lipinski definition) is 7. The Labute approximate surface area is 271 Å². The molecule has 0 aliphatic carbocycles. The Morgan fingerprint density at radius 1 is 1.02 bits per heavy atom. The number of halogens is 6. The Bertz CT molecular complexity index is 1560. The van der Waals surface area contributed by atoms with Gasteiger partial charge in [0.15, 0.2) is 0 Å². The number of fused-ring (bicyclic) bond motifs is 4. The van der Waals surface area contributed by atoms with E-state index in [2.05, 4.69) is 5.32 Å². The summed E-state index contributed by atoms with van der Waals surface area (Å²) in [6.07, 6.45) is -0.838. The molecule has 2 amide bonds. The van der Waals surface area contributed by atoms with Crippen LogP contribution in [0.1, 0.15) is 32.8 Å². The van der Waals surface area contributed by atoms with Gasteiger partial charge >= 0.3 is 11.9 Å². The second-order valence-corrected chi connectivity index (χ2v) is 13.8. The van der Waals surface area contributed by atoms with Crippen LogP contribution in [0.15, 0.2) is 30.3 Å². The third-order valence-corrected chi connectivity index (χ3v) is 9.10. The van der Waals surface area contributed by atoms with E-state index in [-0.39, 0.29) is 37.0 Å². The van der Waals surface area contributed by atoms with E-state index in [0.717, 1.165) is 9.80 Å². The number of nitrogens with one attached hydrogen (secondary N) is 1. The van der Waals surface area contributed by atoms with Crippen molar-refractivity contribution in [2.75, 3.05) is 30.6 Å². The molecule has 1 N–H and O–H groups in total. The predicted octanol–water partition coefficient (Wildman–Crippen LogP) is 6.16. The van der Waals surface area contributed by atoms with Crippen molar-refractivity contribution in [1.82, 2.24) is 4.90 Å². The number of amides is 2. The third kappa shape index (κ3) is 5.40. The minimum absolute atomic E-state index is 0.00641. The van der Waals surface area contributed by atoms with Gasteiger partial charge < -0.3 is 19.7 Å². The van der Waals surface area contributed by atoms with Crippen molar-refractivity contribution in [3.05, 3.63) is 56.0 Å². The van der Waals surface area contributed by atoms with Gasteiger partial charge in [0.25, 0.3) is 11.8 Å². The van der Waals surface area contributed by atoms with Crippen molar-refractivity contribution < 1.29 is 37.4 Å². The predicted molar refractivity (Wildman–Crippen MR) is 160 cm³/mol. The Balaban J connectivity index is 1.66. The Kier molecular flexibility index (Phi) is 8.38. The van der Waals surface area contributed by atoms with Crippen LogP contribution in [0.2, 0.25) is 20.1 Å². The molecule has 1 unspecified atom stereocenters. The van der Waals surface area contributed by atoms with Crippen LogP contribution in [0.5, 0.6) is 0 Å². The van der Waals surface area contributed by atoms with E-state index in [9.17, 15) is 19.2 Å². The molecule has 3 aliphatic heterocycles. The standard InChI is InChI=1S/C29H27Cl4F2N3O6/c1-27(2,3)26(42)44-12-43-24(40)21-20(23(39)37(4)16-6-13(30)5-14(31)7-16)19-10-28(34,35)11-38(19)29(21)17-8-15(32)9-18(33)22(17)36-25(29)41/h5-9,19-21H,10-12H2,1-4H3,(H,36,41)/t19-,20?,21+,29+/m0/s1. The lowest BCUT2D eigenvalue weighted by atomic mass is 9.73. The van der Waals surface area contributed by atoms with Crippen LogP contribution in [-0.4, -0.2) is 61.0 Å². The van der Waals surface area contributed by atoms with Gasteiger partial charge in [-0.05, 0) is 51.1 Å². The van der Waals surface area contributed by atoms with Crippen LogP contribution in [0.4, 0.5) is 20.2 Å². The zero-order valence-corrected chi connectivity index (χ0v) is 26.9. The maximum atomic E-state index is 15.2. The summed E-state index contributed by atoms with van der Waals surface area (Å²) >= 11 is 25.0. The Morgan fingerprint density at radius 3 is 2.25 bits per heavy atom. The summed E-state index contributed by atoms with van der Waals surface area (Å²) < 4.78 is 40.9. The minimum Gasteiger partial charge on any atom is -0.428 e. The molecule has 2 aromatic rings. The first-order chi connectivity index (χ1) is 20.4. The fourth-order valence-electron chi connectivity index (χ4n) is 6.30. The van der Waals surface area contributed by atoms with Gasteiger partial charge in [0.2, 0.25) is 12.7 Å². The van der Waals surface area contributed by atoms with Crippen molar-refractivity contribution in [2.24, 2.45) is 17.3 Å². The summed E-state index contributed by atoms with van der Waals surface area (Å²) in [7, 11) is 1.37. The quantitative estimate of drug-likeness (QED) is 0.296. The monoisotopic (exact) mass is 691 g/mol. The number of carbonyl (C=O) groups is 4. The SMILES string of the molecule is CN(C(=O)C1[C@@H]2CC(F)(F)CN2[C@@]2(C(=O)Nc3c(Cl)cc(Cl)cc32)[C@H]1C(=O)OCOC(=O)C(C)(C)C)c1cc(Cl)cc(Cl)c1. The molecule has 0 aromatic heterocycles. The number of nitrogens with zero attached hydrogens (tertiary/aromatic N) is 2. The van der Waals surface area contributed by atoms with Gasteiger partial charge in [0.1, 0.15) is 11.5 Å². The lowest BCUT2D eigenvalue weighted by Crippen LogP contribution is -2.54. The molecule has 2 aromatic carbocycles. The largest absolute Gasteiger partial charge is 0.428 e. The number of esters is 2. The summed E-state index contributed by atoms with van der Waals surface area (Å²) in [6, 6.07) is 5.72. The second-order valence-electron chi connectivity index (χ2n) is 12.1. The van der Waals surface area contributed by atoms with Crippen LogP contribution < -0.4 is 10.2 Å². The van der Waals surface area contributed by atoms with Gasteiger partial charge in [-0.15, -0.1) is 0 Å². The van der Waals surface area contributed by atoms with Gasteiger partial charge in [-0.2, -0.15) is 0 Å². The number of hydrogen-bond donors (Lipinski definition) is 1. The second kappa shape index (κ2) is 11.3. The van der Waals surface area contributed by atoms with E-state index in [0.29, 0.717) is 0 Å². The molecule has 4 atom stereocenters. The molecule has 0 saturated carbocycles. The van der Waals surface area contributed by atoms with E-state index in [1.54, 1.807) is 20.8 Å². The summed E-state index contributed by atoms with van der Waals surface area (Å²) in [5.74, 6) is -10.0. The average Bonchev–Trinajstić information content (AvgIpc) is 3.47. The van der Waals surface area contributed by atoms with Gasteiger partial charge in [-0.25, -0.2) is 8.78 Å². The zero-order chi connectivity index (χ0) is 32.5. The molecule has 5 rings (SSSR count). The fourth-order valence-corrected chi connectivity index (χ4v) is 7.35. The van der Waals surface area contributed by atoms with Gasteiger partial charge in [0, 0.05) is 45.8 Å². The zero-order valence-electron chi connectivity index (χ0n) is 23.9. The maximum Gasteiger partial charge on any atom is 0.315 e. The van der Waals surface area contributed by atoms with Crippen LogP contribution in [-0.2, 0) is 34.2 Å². The molecule has 3 aliphatic rings. The van der Waals surface area contributed by atoms with Gasteiger partial charge in [-0.1, -0.05) is 46.4 Å². The molecule has 236 valence electrons. The molecular weight excluding hydrogens is 666 g/mol. The highest BCUT2D eigenvalue weighted by atomic mass is 35.5. The van der Waals surface area contributed by atoms with Gasteiger partial charge in [-0.3, -0.25) is 24.1 Å². The number of carbonyl (C=O) groups excluding carboxylic acids is 4. The van der Waals surface area contributed by atoms with E-state index in [4.69, 9.17) is 55.9 Å². The highest BCUT2D eigenvalue weighted by Crippen LogP contribution is 2.61. The van der Waals surface area contributed by atoms with Crippen molar-refractivity contribution >= 4 is 81.5 Å². The molecule has 9 nitrogen and oxygen atoms in total. The maximum absolute atomic E-state index is 15.2. The number of anilines is 2. The number of alkyl halides is 2. The smallest absolute Gasteiger partial charge is 0.315 e. The lowest BCUT2D eigenvalue weighted by molar-refractivity contribution is -0.179. The van der Waals surface area contributed by atoms with Crippen molar-refractivity contribution in [1.29, 1.82) is 0 Å². The molecule has 2 saturated heterocycles. The lowest BCUT2D eigenvalue weighted by Gasteiger charge is -2.36. The van der Waals surface area contributed by atoms with Gasteiger partial charge in [0.05, 0.1) is 28.6 Å². The molecule has 1 spiro atoms. The highest BCUT2D eigenvalue weighted by Gasteiger charge is 2.75. The van der Waals surface area contributed by atoms with Crippen LogP contribution >= 0.6 is 46.4 Å². The Hall–Kier alpha value is -2.70. The van der Waals surface area contributed by atoms with Crippen molar-refractivity contribution in [3.8, 4) is 0 Å². The minimum atomic E-state index is -3.32. The number of ether oxygens (including phenoxy) is 2. The molecule has 15 heteroatoms. The number of benzene rings is 2. The van der Waals surface area contributed by atoms with Crippen LogP contribution in [0, 0.1) is 17.3 Å². The molecule has 2 fully saturated rings. The highest BCUT2D eigenvalue weighted by molar-refractivity contribution is 6.38. The first-order valence-corrected chi connectivity index (χ1v) is 14.9. The number of rotatable bonds is 5. The third-order valence-electron chi connectivity index (χ3n) is 8.14. The van der Waals surface area contributed by atoms with E-state index < -0.39 is 78.3 Å². The van der Waals surface area contributed by atoms with Crippen molar-refractivity contribution in [2.45, 2.75) is 44.7 Å². The Morgan fingerprint density at radius 2 is 1.64 bits per heavy atom.